The number of ether oxygens (including phenoxy) is 1. The monoisotopic (exact) mass is 471 g/mol. The first-order valence-corrected chi connectivity index (χ1v) is 11.8. The van der Waals surface area contributed by atoms with Crippen LogP contribution in [0.2, 0.25) is 0 Å². The number of fused-ring (bicyclic) bond motifs is 1. The number of urea groups is 1. The molecule has 0 aliphatic carbocycles. The van der Waals surface area contributed by atoms with Gasteiger partial charge in [0.15, 0.2) is 5.65 Å². The molecule has 1 saturated heterocycles. The Morgan fingerprint density at radius 3 is 2.91 bits per heavy atom. The molecule has 1 aliphatic heterocycles. The lowest BCUT2D eigenvalue weighted by molar-refractivity contribution is 0.192. The predicted molar refractivity (Wildman–Crippen MR) is 135 cm³/mol. The van der Waals surface area contributed by atoms with Gasteiger partial charge < -0.3 is 20.3 Å². The summed E-state index contributed by atoms with van der Waals surface area (Å²) in [6, 6.07) is 13.3. The Morgan fingerprint density at radius 2 is 2.09 bits per heavy atom. The summed E-state index contributed by atoms with van der Waals surface area (Å²) in [5, 5.41) is 11.0. The normalized spacial score (nSPS) is 15.7. The minimum atomic E-state index is -0.129. The highest BCUT2D eigenvalue weighted by Crippen LogP contribution is 2.30. The number of carbonyl (C=O) groups is 1. The van der Waals surface area contributed by atoms with Gasteiger partial charge in [-0.1, -0.05) is 18.2 Å². The number of carbonyl (C=O) groups excluding carboxylic acids is 1. The van der Waals surface area contributed by atoms with E-state index in [-0.39, 0.29) is 11.9 Å². The fourth-order valence-electron chi connectivity index (χ4n) is 4.47. The van der Waals surface area contributed by atoms with Crippen LogP contribution in [0.3, 0.4) is 0 Å². The lowest BCUT2D eigenvalue weighted by Gasteiger charge is -2.33. The number of rotatable bonds is 6. The summed E-state index contributed by atoms with van der Waals surface area (Å²) in [7, 11) is 1.60. The molecule has 180 valence electrons. The molecule has 5 rings (SSSR count). The molecule has 1 aromatic carbocycles. The molecule has 1 unspecified atom stereocenters. The second-order valence-electron chi connectivity index (χ2n) is 8.76. The number of amides is 2. The minimum Gasteiger partial charge on any atom is -0.495 e. The van der Waals surface area contributed by atoms with Gasteiger partial charge in [-0.15, -0.1) is 0 Å². The van der Waals surface area contributed by atoms with Gasteiger partial charge in [0.2, 0.25) is 0 Å². The van der Waals surface area contributed by atoms with Crippen molar-refractivity contribution >= 4 is 23.2 Å². The Hall–Kier alpha value is -4.14. The van der Waals surface area contributed by atoms with Crippen LogP contribution in [0, 0.1) is 6.92 Å². The Labute approximate surface area is 204 Å². The van der Waals surface area contributed by atoms with E-state index in [1.54, 1.807) is 13.3 Å². The average Bonchev–Trinajstić information content (AvgIpc) is 3.29. The van der Waals surface area contributed by atoms with E-state index in [4.69, 9.17) is 9.72 Å². The van der Waals surface area contributed by atoms with Gasteiger partial charge in [-0.05, 0) is 43.5 Å². The Bertz CT molecular complexity index is 1320. The Morgan fingerprint density at radius 1 is 1.20 bits per heavy atom. The number of benzene rings is 1. The number of hydrogen-bond donors (Lipinski definition) is 2. The van der Waals surface area contributed by atoms with E-state index in [2.05, 4.69) is 26.8 Å². The van der Waals surface area contributed by atoms with Crippen LogP contribution >= 0.6 is 0 Å². The van der Waals surface area contributed by atoms with E-state index in [0.29, 0.717) is 31.1 Å². The number of aromatic nitrogens is 4. The molecule has 3 aromatic heterocycles. The van der Waals surface area contributed by atoms with Gasteiger partial charge in [0.25, 0.3) is 0 Å². The molecule has 9 nitrogen and oxygen atoms in total. The summed E-state index contributed by atoms with van der Waals surface area (Å²) in [5.41, 5.74) is 4.55. The van der Waals surface area contributed by atoms with Crippen LogP contribution in [0.15, 0.2) is 61.1 Å². The number of nitrogens with zero attached hydrogens (tertiary/aromatic N) is 5. The smallest absolute Gasteiger partial charge is 0.321 e. The van der Waals surface area contributed by atoms with E-state index in [0.717, 1.165) is 41.1 Å². The fourth-order valence-corrected chi connectivity index (χ4v) is 4.47. The highest BCUT2D eigenvalue weighted by molar-refractivity contribution is 5.91. The van der Waals surface area contributed by atoms with Gasteiger partial charge in [0.05, 0.1) is 24.7 Å². The van der Waals surface area contributed by atoms with Gasteiger partial charge in [-0.2, -0.15) is 9.61 Å². The standard InChI is InChI=1S/C26H29N7O2/c1-18-14-29-33-24(28-16-19-7-5-11-27-15-19)13-22(30-25(18)33)20-8-6-12-32(17-20)26(34)31-21-9-3-4-10-23(21)35-2/h3-5,7,9-11,13-15,20,28H,6,8,12,16-17H2,1-2H3,(H,31,34). The third kappa shape index (κ3) is 4.89. The molecule has 4 aromatic rings. The summed E-state index contributed by atoms with van der Waals surface area (Å²) in [4.78, 5) is 24.1. The fraction of sp³-hybridized carbons (Fsp3) is 0.308. The van der Waals surface area contributed by atoms with Crippen LogP contribution in [-0.2, 0) is 6.54 Å². The quantitative estimate of drug-likeness (QED) is 0.431. The summed E-state index contributed by atoms with van der Waals surface area (Å²) >= 11 is 0. The highest BCUT2D eigenvalue weighted by Gasteiger charge is 2.27. The topological polar surface area (TPSA) is 96.7 Å². The van der Waals surface area contributed by atoms with Gasteiger partial charge in [0, 0.05) is 49.6 Å². The van der Waals surface area contributed by atoms with Gasteiger partial charge >= 0.3 is 6.03 Å². The van der Waals surface area contributed by atoms with Crippen molar-refractivity contribution in [3.05, 3.63) is 77.9 Å². The molecule has 9 heteroatoms. The Kier molecular flexibility index (Phi) is 6.47. The maximum atomic E-state index is 13.1. The van der Waals surface area contributed by atoms with Gasteiger partial charge in [-0.3, -0.25) is 4.98 Å². The molecule has 0 radical (unpaired) electrons. The van der Waals surface area contributed by atoms with E-state index in [1.807, 2.05) is 65.1 Å². The molecule has 0 saturated carbocycles. The van der Waals surface area contributed by atoms with Crippen LogP contribution in [0.4, 0.5) is 16.3 Å². The zero-order chi connectivity index (χ0) is 24.2. The molecule has 0 bridgehead atoms. The molecule has 1 atom stereocenters. The van der Waals surface area contributed by atoms with E-state index in [9.17, 15) is 4.79 Å². The van der Waals surface area contributed by atoms with E-state index in [1.165, 1.54) is 0 Å². The second kappa shape index (κ2) is 10.0. The first kappa shape index (κ1) is 22.6. The van der Waals surface area contributed by atoms with Crippen molar-refractivity contribution in [1.29, 1.82) is 0 Å². The second-order valence-corrected chi connectivity index (χ2v) is 8.76. The molecule has 0 spiro atoms. The van der Waals surface area contributed by atoms with Crippen LogP contribution in [0.1, 0.15) is 35.6 Å². The molecular weight excluding hydrogens is 442 g/mol. The van der Waals surface area contributed by atoms with Crippen molar-refractivity contribution in [3.63, 3.8) is 0 Å². The van der Waals surface area contributed by atoms with Crippen molar-refractivity contribution < 1.29 is 9.53 Å². The lowest BCUT2D eigenvalue weighted by atomic mass is 9.94. The molecule has 1 aliphatic rings. The van der Waals surface area contributed by atoms with Crippen molar-refractivity contribution in [2.75, 3.05) is 30.8 Å². The van der Waals surface area contributed by atoms with Crippen molar-refractivity contribution in [2.24, 2.45) is 0 Å². The Balaban J connectivity index is 1.36. The SMILES string of the molecule is COc1ccccc1NC(=O)N1CCCC(c2cc(NCc3cccnc3)n3ncc(C)c3n2)C1. The number of nitrogens with one attached hydrogen (secondary N) is 2. The van der Waals surface area contributed by atoms with Crippen LogP contribution in [-0.4, -0.2) is 50.7 Å². The maximum Gasteiger partial charge on any atom is 0.321 e. The number of pyridine rings is 1. The van der Waals surface area contributed by atoms with E-state index < -0.39 is 0 Å². The number of anilines is 2. The number of hydrogen-bond acceptors (Lipinski definition) is 6. The summed E-state index contributed by atoms with van der Waals surface area (Å²) in [6.07, 6.45) is 7.32. The number of piperidine rings is 1. The van der Waals surface area contributed by atoms with Crippen molar-refractivity contribution in [1.82, 2.24) is 24.5 Å². The number of methoxy groups -OCH3 is 1. The maximum absolute atomic E-state index is 13.1. The molecule has 2 amide bonds. The average molecular weight is 472 g/mol. The lowest BCUT2D eigenvalue weighted by Crippen LogP contribution is -2.41. The third-order valence-corrected chi connectivity index (χ3v) is 6.34. The largest absolute Gasteiger partial charge is 0.495 e. The molecule has 35 heavy (non-hydrogen) atoms. The van der Waals surface area contributed by atoms with E-state index >= 15 is 0 Å². The van der Waals surface area contributed by atoms with Crippen molar-refractivity contribution in [2.45, 2.75) is 32.2 Å². The van der Waals surface area contributed by atoms with Crippen LogP contribution < -0.4 is 15.4 Å². The molecule has 2 N–H and O–H groups in total. The zero-order valence-corrected chi connectivity index (χ0v) is 19.9. The van der Waals surface area contributed by atoms with Crippen LogP contribution in [0.5, 0.6) is 5.75 Å². The zero-order valence-electron chi connectivity index (χ0n) is 19.9. The first-order valence-electron chi connectivity index (χ1n) is 11.8. The molecule has 4 heterocycles. The van der Waals surface area contributed by atoms with Crippen LogP contribution in [0.25, 0.3) is 5.65 Å². The molecule has 1 fully saturated rings. The molecular formula is C26H29N7O2. The third-order valence-electron chi connectivity index (χ3n) is 6.34. The first-order chi connectivity index (χ1) is 17.1. The summed E-state index contributed by atoms with van der Waals surface area (Å²) in [6.45, 7) is 3.94. The number of aryl methyl sites for hydroxylation is 1. The van der Waals surface area contributed by atoms with Gasteiger partial charge in [0.1, 0.15) is 11.6 Å². The summed E-state index contributed by atoms with van der Waals surface area (Å²) in [5.74, 6) is 1.64. The predicted octanol–water partition coefficient (Wildman–Crippen LogP) is 4.46. The minimum absolute atomic E-state index is 0.129. The van der Waals surface area contributed by atoms with Gasteiger partial charge in [-0.25, -0.2) is 9.78 Å². The summed E-state index contributed by atoms with van der Waals surface area (Å²) < 4.78 is 7.21. The highest BCUT2D eigenvalue weighted by atomic mass is 16.5. The number of likely N-dealkylation sites (tertiary alicyclic amines) is 1. The number of para-hydroxylation sites is 2. The van der Waals surface area contributed by atoms with Crippen molar-refractivity contribution in [3.8, 4) is 5.75 Å².